The molecule has 1 amide bonds. The van der Waals surface area contributed by atoms with Crippen molar-refractivity contribution >= 4 is 58.1 Å². The van der Waals surface area contributed by atoms with E-state index < -0.39 is 18.1 Å². The fraction of sp³-hybridized carbons (Fsp3) is 0.269. The Hall–Kier alpha value is -3.12. The average molecular weight is 605 g/mol. The number of carbonyl (C=O) groups is 3. The number of quaternary nitrogens is 1. The molecule has 210 valence electrons. The van der Waals surface area contributed by atoms with Gasteiger partial charge >= 0.3 is 12.1 Å². The van der Waals surface area contributed by atoms with Crippen molar-refractivity contribution in [3.8, 4) is 10.4 Å². The number of thiophene rings is 1. The van der Waals surface area contributed by atoms with Crippen LogP contribution in [0.25, 0.3) is 10.4 Å². The van der Waals surface area contributed by atoms with Gasteiger partial charge in [-0.05, 0) is 35.7 Å². The van der Waals surface area contributed by atoms with Crippen molar-refractivity contribution in [2.24, 2.45) is 5.92 Å². The van der Waals surface area contributed by atoms with E-state index in [1.165, 1.54) is 6.07 Å². The van der Waals surface area contributed by atoms with E-state index in [4.69, 9.17) is 33.1 Å². The van der Waals surface area contributed by atoms with E-state index in [-0.39, 0.29) is 33.3 Å². The molecule has 0 saturated carbocycles. The number of hydrogen-bond acceptors (Lipinski definition) is 5. The summed E-state index contributed by atoms with van der Waals surface area (Å²) in [5, 5.41) is 19.4. The highest BCUT2D eigenvalue weighted by atomic mass is 35.5. The standard InChI is InChI=1S/C24H24Cl2N2O3S.C2HF3O2/c1-3-14(2)20(13-27)28(23(29)17-10-9-16(25)11-18(17)26)19-12-21(32-22(19)24(30)31)15-7-5-4-6-8-15;3-2(4,5)1(6)7/h4-12,14,20H,3,13,27H2,1-2H3,(H,30,31);(H,6,7). The van der Waals surface area contributed by atoms with Gasteiger partial charge in [0.15, 0.2) is 0 Å². The molecule has 0 aliphatic carbocycles. The molecule has 4 N–H and O–H groups in total. The quantitative estimate of drug-likeness (QED) is 0.373. The average Bonchev–Trinajstić information content (AvgIpc) is 3.32. The molecule has 39 heavy (non-hydrogen) atoms. The summed E-state index contributed by atoms with van der Waals surface area (Å²) in [6.07, 6.45) is -4.39. The van der Waals surface area contributed by atoms with Gasteiger partial charge in [0.2, 0.25) is 0 Å². The van der Waals surface area contributed by atoms with Crippen LogP contribution in [0.1, 0.15) is 40.3 Å². The summed E-state index contributed by atoms with van der Waals surface area (Å²) in [5.74, 6) is -4.38. The highest BCUT2D eigenvalue weighted by Gasteiger charge is 2.35. The van der Waals surface area contributed by atoms with E-state index in [9.17, 15) is 27.9 Å². The zero-order chi connectivity index (χ0) is 29.5. The van der Waals surface area contributed by atoms with Crippen LogP contribution in [0.4, 0.5) is 18.9 Å². The number of hydrogen-bond donors (Lipinski definition) is 2. The minimum absolute atomic E-state index is 0.0873. The third kappa shape index (κ3) is 8.18. The van der Waals surface area contributed by atoms with Crippen LogP contribution in [0.3, 0.4) is 0 Å². The molecular formula is C26H25Cl2F3N2O5S. The van der Waals surface area contributed by atoms with Crippen molar-refractivity contribution in [1.29, 1.82) is 0 Å². The van der Waals surface area contributed by atoms with Crippen LogP contribution < -0.4 is 15.7 Å². The molecule has 7 nitrogen and oxygen atoms in total. The summed E-state index contributed by atoms with van der Waals surface area (Å²) in [7, 11) is 0. The highest BCUT2D eigenvalue weighted by molar-refractivity contribution is 7.18. The minimum Gasteiger partial charge on any atom is -0.542 e. The zero-order valence-corrected chi connectivity index (χ0v) is 23.1. The third-order valence-electron chi connectivity index (χ3n) is 5.76. The summed E-state index contributed by atoms with van der Waals surface area (Å²) in [6, 6.07) is 15.7. The molecule has 0 aliphatic heterocycles. The summed E-state index contributed by atoms with van der Waals surface area (Å²) < 4.78 is 31.5. The van der Waals surface area contributed by atoms with Gasteiger partial charge < -0.3 is 20.7 Å². The summed E-state index contributed by atoms with van der Waals surface area (Å²) in [5.41, 5.74) is 5.57. The van der Waals surface area contributed by atoms with Gasteiger partial charge in [0.1, 0.15) is 10.8 Å². The number of benzene rings is 2. The number of halogens is 5. The predicted molar refractivity (Wildman–Crippen MR) is 142 cm³/mol. The van der Waals surface area contributed by atoms with Crippen LogP contribution in [-0.4, -0.2) is 41.7 Å². The number of alkyl halides is 3. The van der Waals surface area contributed by atoms with E-state index in [1.807, 2.05) is 44.2 Å². The normalized spacial score (nSPS) is 12.6. The molecule has 1 heterocycles. The summed E-state index contributed by atoms with van der Waals surface area (Å²) >= 11 is 13.5. The van der Waals surface area contributed by atoms with Gasteiger partial charge in [0.25, 0.3) is 5.91 Å². The lowest BCUT2D eigenvalue weighted by molar-refractivity contribution is -0.373. The van der Waals surface area contributed by atoms with Crippen molar-refractivity contribution < 1.29 is 43.5 Å². The Kier molecular flexibility index (Phi) is 11.3. The lowest BCUT2D eigenvalue weighted by atomic mass is 9.96. The topological polar surface area (TPSA) is 125 Å². The lowest BCUT2D eigenvalue weighted by Crippen LogP contribution is -2.63. The minimum atomic E-state index is -5.19. The molecule has 3 rings (SSSR count). The molecule has 0 fully saturated rings. The van der Waals surface area contributed by atoms with Crippen molar-refractivity contribution in [3.05, 3.63) is 75.1 Å². The third-order valence-corrected chi connectivity index (χ3v) is 7.47. The Bertz CT molecular complexity index is 1320. The number of aromatic carboxylic acids is 1. The maximum absolute atomic E-state index is 13.8. The first kappa shape index (κ1) is 32.1. The molecule has 2 unspecified atom stereocenters. The number of anilines is 1. The molecule has 0 aliphatic rings. The Morgan fingerprint density at radius 2 is 1.69 bits per heavy atom. The van der Waals surface area contributed by atoms with E-state index in [0.29, 0.717) is 17.3 Å². The Labute approximate surface area is 236 Å². The van der Waals surface area contributed by atoms with Crippen molar-refractivity contribution in [2.45, 2.75) is 32.5 Å². The zero-order valence-electron chi connectivity index (χ0n) is 20.8. The van der Waals surface area contributed by atoms with Gasteiger partial charge in [0, 0.05) is 9.90 Å². The van der Waals surface area contributed by atoms with Crippen LogP contribution in [0.15, 0.2) is 54.6 Å². The maximum atomic E-state index is 13.8. The first-order valence-electron chi connectivity index (χ1n) is 11.5. The molecular weight excluding hydrogens is 580 g/mol. The van der Waals surface area contributed by atoms with E-state index in [1.54, 1.807) is 23.1 Å². The number of carboxylic acid groups (broad SMARTS) is 2. The predicted octanol–water partition coefficient (Wildman–Crippen LogP) is 5.02. The summed E-state index contributed by atoms with van der Waals surface area (Å²) in [4.78, 5) is 37.2. The van der Waals surface area contributed by atoms with E-state index in [0.717, 1.165) is 28.2 Å². The molecule has 0 bridgehead atoms. The first-order chi connectivity index (χ1) is 18.2. The largest absolute Gasteiger partial charge is 0.542 e. The fourth-order valence-electron chi connectivity index (χ4n) is 3.63. The first-order valence-corrected chi connectivity index (χ1v) is 13.1. The SMILES string of the molecule is CCC(C)C(C[NH3+])N(C(=O)c1ccc(Cl)cc1Cl)c1cc(-c2ccccc2)sc1C(=O)O.O=C([O-])C(F)(F)F. The van der Waals surface area contributed by atoms with Gasteiger partial charge in [-0.1, -0.05) is 73.8 Å². The number of rotatable bonds is 8. The van der Waals surface area contributed by atoms with Gasteiger partial charge in [0.05, 0.1) is 28.9 Å². The Morgan fingerprint density at radius 3 is 2.15 bits per heavy atom. The summed E-state index contributed by atoms with van der Waals surface area (Å²) in [6.45, 7) is 4.48. The van der Waals surface area contributed by atoms with Crippen LogP contribution in [0, 0.1) is 5.92 Å². The smallest absolute Gasteiger partial charge is 0.430 e. The van der Waals surface area contributed by atoms with Crippen LogP contribution >= 0.6 is 34.5 Å². The Balaban J connectivity index is 0.000000673. The van der Waals surface area contributed by atoms with Crippen LogP contribution in [0.5, 0.6) is 0 Å². The number of nitrogens with zero attached hydrogens (tertiary/aromatic N) is 1. The second-order valence-corrected chi connectivity index (χ2v) is 10.2. The van der Waals surface area contributed by atoms with Crippen molar-refractivity contribution in [1.82, 2.24) is 0 Å². The fourth-order valence-corrected chi connectivity index (χ4v) is 5.11. The van der Waals surface area contributed by atoms with Gasteiger partial charge in [-0.3, -0.25) is 9.69 Å². The van der Waals surface area contributed by atoms with E-state index >= 15 is 0 Å². The lowest BCUT2D eigenvalue weighted by Gasteiger charge is -2.33. The second kappa shape index (κ2) is 13.8. The van der Waals surface area contributed by atoms with Gasteiger partial charge in [-0.2, -0.15) is 13.2 Å². The molecule has 1 aromatic heterocycles. The van der Waals surface area contributed by atoms with Crippen molar-refractivity contribution in [3.63, 3.8) is 0 Å². The van der Waals surface area contributed by atoms with Gasteiger partial charge in [-0.25, -0.2) is 4.79 Å². The van der Waals surface area contributed by atoms with E-state index in [2.05, 4.69) is 5.73 Å². The maximum Gasteiger partial charge on any atom is 0.430 e. The van der Waals surface area contributed by atoms with Crippen LogP contribution in [-0.2, 0) is 4.79 Å². The Morgan fingerprint density at radius 1 is 1.10 bits per heavy atom. The highest BCUT2D eigenvalue weighted by Crippen LogP contribution is 2.39. The molecule has 2 atom stereocenters. The molecule has 2 aromatic carbocycles. The van der Waals surface area contributed by atoms with Crippen LogP contribution in [0.2, 0.25) is 10.0 Å². The van der Waals surface area contributed by atoms with Crippen molar-refractivity contribution in [2.75, 3.05) is 11.4 Å². The van der Waals surface area contributed by atoms with Gasteiger partial charge in [-0.15, -0.1) is 11.3 Å². The number of carbonyl (C=O) groups excluding carboxylic acids is 2. The molecule has 13 heteroatoms. The number of amides is 1. The second-order valence-electron chi connectivity index (χ2n) is 8.32. The molecule has 0 radical (unpaired) electrons. The molecule has 0 saturated heterocycles. The number of carboxylic acids is 2. The number of aliphatic carboxylic acids is 1. The molecule has 0 spiro atoms. The molecule has 3 aromatic rings. The monoisotopic (exact) mass is 604 g/mol.